The summed E-state index contributed by atoms with van der Waals surface area (Å²) in [5, 5.41) is 9.59. The number of hydrogen-bond donors (Lipinski definition) is 1. The van der Waals surface area contributed by atoms with Crippen molar-refractivity contribution >= 4 is 0 Å². The minimum Gasteiger partial charge on any atom is -0.497 e. The van der Waals surface area contributed by atoms with E-state index in [1.54, 1.807) is 39.3 Å². The highest BCUT2D eigenvalue weighted by molar-refractivity contribution is 5.25. The van der Waals surface area contributed by atoms with Crippen LogP contribution in [0, 0.1) is 0 Å². The second-order valence-electron chi connectivity index (χ2n) is 3.14. The molecule has 0 aromatic carbocycles. The van der Waals surface area contributed by atoms with Crippen molar-refractivity contribution in [2.45, 2.75) is 19.4 Å². The molecule has 0 saturated heterocycles. The minimum absolute atomic E-state index is 0.613. The average molecular weight is 167 g/mol. The van der Waals surface area contributed by atoms with Crippen LogP contribution in [0.4, 0.5) is 0 Å². The van der Waals surface area contributed by atoms with Crippen LogP contribution in [0.1, 0.15) is 19.5 Å². The van der Waals surface area contributed by atoms with Gasteiger partial charge in [0.2, 0.25) is 0 Å². The van der Waals surface area contributed by atoms with Crippen LogP contribution in [0.3, 0.4) is 0 Å². The fraction of sp³-hybridized carbons (Fsp3) is 0.444. The summed E-state index contributed by atoms with van der Waals surface area (Å²) in [5.74, 6) is 0.710. The lowest BCUT2D eigenvalue weighted by Crippen LogP contribution is -2.17. The molecular weight excluding hydrogens is 154 g/mol. The molecule has 0 atom stereocenters. The maximum absolute atomic E-state index is 9.59. The summed E-state index contributed by atoms with van der Waals surface area (Å²) in [7, 11) is 1.59. The second kappa shape index (κ2) is 3.11. The predicted octanol–water partition coefficient (Wildman–Crippen LogP) is 1.32. The summed E-state index contributed by atoms with van der Waals surface area (Å²) in [6.45, 7) is 3.38. The van der Waals surface area contributed by atoms with Crippen molar-refractivity contribution in [1.29, 1.82) is 0 Å². The topological polar surface area (TPSA) is 42.4 Å². The number of nitrogens with zero attached hydrogens (tertiary/aromatic N) is 1. The Hall–Kier alpha value is -1.09. The summed E-state index contributed by atoms with van der Waals surface area (Å²) < 4.78 is 5.00. The first kappa shape index (κ1) is 9.00. The molecule has 66 valence electrons. The van der Waals surface area contributed by atoms with E-state index in [9.17, 15) is 5.11 Å². The van der Waals surface area contributed by atoms with E-state index in [-0.39, 0.29) is 0 Å². The van der Waals surface area contributed by atoms with Crippen LogP contribution in [0.25, 0.3) is 0 Å². The fourth-order valence-electron chi connectivity index (χ4n) is 0.873. The third-order valence-electron chi connectivity index (χ3n) is 1.59. The molecule has 0 radical (unpaired) electrons. The maximum Gasteiger partial charge on any atom is 0.122 e. The third kappa shape index (κ3) is 1.95. The molecular formula is C9H13NO2. The quantitative estimate of drug-likeness (QED) is 0.722. The Bertz CT molecular complexity index is 265. The molecule has 0 saturated carbocycles. The Morgan fingerprint density at radius 2 is 2.17 bits per heavy atom. The average Bonchev–Trinajstić information content (AvgIpc) is 2.03. The van der Waals surface area contributed by atoms with Crippen LogP contribution in [0.15, 0.2) is 18.3 Å². The van der Waals surface area contributed by atoms with Crippen molar-refractivity contribution in [3.05, 3.63) is 24.0 Å². The first-order valence-corrected chi connectivity index (χ1v) is 3.77. The van der Waals surface area contributed by atoms with Crippen molar-refractivity contribution in [2.24, 2.45) is 0 Å². The zero-order valence-electron chi connectivity index (χ0n) is 7.53. The van der Waals surface area contributed by atoms with Crippen molar-refractivity contribution < 1.29 is 9.84 Å². The summed E-state index contributed by atoms with van der Waals surface area (Å²) in [6.07, 6.45) is 1.62. The first-order chi connectivity index (χ1) is 5.54. The summed E-state index contributed by atoms with van der Waals surface area (Å²) in [4.78, 5) is 4.03. The molecule has 0 amide bonds. The Morgan fingerprint density at radius 3 is 2.67 bits per heavy atom. The molecule has 3 heteroatoms. The number of rotatable bonds is 2. The van der Waals surface area contributed by atoms with E-state index in [1.807, 2.05) is 0 Å². The van der Waals surface area contributed by atoms with Gasteiger partial charge in [0.05, 0.1) is 12.8 Å². The predicted molar refractivity (Wildman–Crippen MR) is 46.0 cm³/mol. The molecule has 1 heterocycles. The largest absolute Gasteiger partial charge is 0.497 e. The van der Waals surface area contributed by atoms with Gasteiger partial charge in [-0.3, -0.25) is 4.98 Å². The summed E-state index contributed by atoms with van der Waals surface area (Å²) in [6, 6.07) is 3.47. The molecule has 3 nitrogen and oxygen atoms in total. The smallest absolute Gasteiger partial charge is 0.122 e. The van der Waals surface area contributed by atoms with Gasteiger partial charge in [-0.15, -0.1) is 0 Å². The second-order valence-corrected chi connectivity index (χ2v) is 3.14. The van der Waals surface area contributed by atoms with Crippen LogP contribution < -0.4 is 4.74 Å². The highest BCUT2D eigenvalue weighted by atomic mass is 16.5. The lowest BCUT2D eigenvalue weighted by Gasteiger charge is -2.16. The molecule has 0 aliphatic rings. The SMILES string of the molecule is COc1ccnc(C(C)(C)O)c1. The van der Waals surface area contributed by atoms with Gasteiger partial charge in [0.1, 0.15) is 11.4 Å². The minimum atomic E-state index is -0.908. The lowest BCUT2D eigenvalue weighted by molar-refractivity contribution is 0.0735. The molecule has 0 aliphatic carbocycles. The molecule has 1 aromatic rings. The van der Waals surface area contributed by atoms with Gasteiger partial charge < -0.3 is 9.84 Å². The zero-order valence-corrected chi connectivity index (χ0v) is 7.53. The van der Waals surface area contributed by atoms with Gasteiger partial charge in [0.15, 0.2) is 0 Å². The molecule has 0 spiro atoms. The number of aliphatic hydroxyl groups is 1. The highest BCUT2D eigenvalue weighted by Crippen LogP contribution is 2.20. The van der Waals surface area contributed by atoms with Gasteiger partial charge >= 0.3 is 0 Å². The van der Waals surface area contributed by atoms with Gasteiger partial charge in [-0.1, -0.05) is 0 Å². The van der Waals surface area contributed by atoms with Gasteiger partial charge in [-0.05, 0) is 19.9 Å². The number of aromatic nitrogens is 1. The molecule has 12 heavy (non-hydrogen) atoms. The molecule has 0 unspecified atom stereocenters. The van der Waals surface area contributed by atoms with Crippen molar-refractivity contribution in [2.75, 3.05) is 7.11 Å². The van der Waals surface area contributed by atoms with Gasteiger partial charge in [-0.2, -0.15) is 0 Å². The van der Waals surface area contributed by atoms with E-state index >= 15 is 0 Å². The monoisotopic (exact) mass is 167 g/mol. The van der Waals surface area contributed by atoms with E-state index < -0.39 is 5.60 Å². The molecule has 0 fully saturated rings. The number of pyridine rings is 1. The molecule has 1 N–H and O–H groups in total. The van der Waals surface area contributed by atoms with Crippen LogP contribution >= 0.6 is 0 Å². The molecule has 1 rings (SSSR count). The fourth-order valence-corrected chi connectivity index (χ4v) is 0.873. The van der Waals surface area contributed by atoms with Crippen molar-refractivity contribution in [3.8, 4) is 5.75 Å². The van der Waals surface area contributed by atoms with Gasteiger partial charge in [0, 0.05) is 12.3 Å². The van der Waals surface area contributed by atoms with Crippen molar-refractivity contribution in [1.82, 2.24) is 4.98 Å². The summed E-state index contributed by atoms with van der Waals surface area (Å²) in [5.41, 5.74) is -0.295. The van der Waals surface area contributed by atoms with E-state index in [4.69, 9.17) is 4.74 Å². The Kier molecular flexibility index (Phi) is 2.33. The van der Waals surface area contributed by atoms with E-state index in [0.717, 1.165) is 0 Å². The van der Waals surface area contributed by atoms with Crippen LogP contribution in [0.2, 0.25) is 0 Å². The molecule has 0 bridgehead atoms. The normalized spacial score (nSPS) is 11.3. The van der Waals surface area contributed by atoms with Gasteiger partial charge in [-0.25, -0.2) is 0 Å². The first-order valence-electron chi connectivity index (χ1n) is 3.77. The van der Waals surface area contributed by atoms with Crippen LogP contribution in [-0.2, 0) is 5.60 Å². The lowest BCUT2D eigenvalue weighted by atomic mass is 10.1. The van der Waals surface area contributed by atoms with E-state index in [2.05, 4.69) is 4.98 Å². The Balaban J connectivity index is 3.02. The summed E-state index contributed by atoms with van der Waals surface area (Å²) >= 11 is 0. The number of methoxy groups -OCH3 is 1. The van der Waals surface area contributed by atoms with Crippen LogP contribution in [0.5, 0.6) is 5.75 Å². The third-order valence-corrected chi connectivity index (χ3v) is 1.59. The van der Waals surface area contributed by atoms with E-state index in [0.29, 0.717) is 11.4 Å². The Morgan fingerprint density at radius 1 is 1.50 bits per heavy atom. The standard InChI is InChI=1S/C9H13NO2/c1-9(2,11)8-6-7(12-3)4-5-10-8/h4-6,11H,1-3H3. The number of ether oxygens (including phenoxy) is 1. The zero-order chi connectivity index (χ0) is 9.19. The Labute approximate surface area is 72.0 Å². The highest BCUT2D eigenvalue weighted by Gasteiger charge is 2.17. The van der Waals surface area contributed by atoms with E-state index in [1.165, 1.54) is 0 Å². The molecule has 1 aromatic heterocycles. The van der Waals surface area contributed by atoms with Crippen molar-refractivity contribution in [3.63, 3.8) is 0 Å². The maximum atomic E-state index is 9.59. The van der Waals surface area contributed by atoms with Crippen LogP contribution in [-0.4, -0.2) is 17.2 Å². The number of hydrogen-bond acceptors (Lipinski definition) is 3. The van der Waals surface area contributed by atoms with Gasteiger partial charge in [0.25, 0.3) is 0 Å². The molecule has 0 aliphatic heterocycles.